The molecule has 2 aromatic heterocycles. The summed E-state index contributed by atoms with van der Waals surface area (Å²) < 4.78 is 0. The van der Waals surface area contributed by atoms with E-state index in [1.54, 1.807) is 12.4 Å². The molecular formula is C19H21N5O. The Morgan fingerprint density at radius 2 is 2.20 bits per heavy atom. The number of carbonyl (C=O) groups is 1. The van der Waals surface area contributed by atoms with Crippen LogP contribution in [0.25, 0.3) is 21.9 Å². The van der Waals surface area contributed by atoms with Crippen LogP contribution in [-0.2, 0) is 4.79 Å². The SMILES string of the molecule is CC1CCCN1CC(=O)Nc1cc2cc(-c3cn[nH]c3)ccc2cn1. The molecule has 1 aromatic carbocycles. The lowest BCUT2D eigenvalue weighted by Gasteiger charge is -2.19. The van der Waals surface area contributed by atoms with E-state index < -0.39 is 0 Å². The number of amides is 1. The first kappa shape index (κ1) is 15.8. The summed E-state index contributed by atoms with van der Waals surface area (Å²) in [6.07, 6.45) is 7.78. The molecule has 1 aliphatic rings. The molecule has 3 aromatic rings. The first-order chi connectivity index (χ1) is 12.2. The Hall–Kier alpha value is -2.73. The van der Waals surface area contributed by atoms with Crippen molar-refractivity contribution < 1.29 is 4.79 Å². The highest BCUT2D eigenvalue weighted by Gasteiger charge is 2.22. The molecule has 6 heteroatoms. The highest BCUT2D eigenvalue weighted by atomic mass is 16.2. The maximum atomic E-state index is 12.3. The van der Waals surface area contributed by atoms with Gasteiger partial charge in [-0.1, -0.05) is 12.1 Å². The second-order valence-corrected chi connectivity index (χ2v) is 6.63. The van der Waals surface area contributed by atoms with Gasteiger partial charge < -0.3 is 5.32 Å². The molecule has 0 aliphatic carbocycles. The third kappa shape index (κ3) is 3.39. The van der Waals surface area contributed by atoms with Crippen molar-refractivity contribution in [1.29, 1.82) is 0 Å². The molecule has 0 saturated carbocycles. The largest absolute Gasteiger partial charge is 0.310 e. The van der Waals surface area contributed by atoms with E-state index in [9.17, 15) is 4.79 Å². The van der Waals surface area contributed by atoms with Crippen LogP contribution in [0.15, 0.2) is 42.9 Å². The van der Waals surface area contributed by atoms with Crippen LogP contribution >= 0.6 is 0 Å². The Morgan fingerprint density at radius 3 is 2.96 bits per heavy atom. The average molecular weight is 335 g/mol. The molecule has 0 bridgehead atoms. The van der Waals surface area contributed by atoms with Gasteiger partial charge in [0.2, 0.25) is 5.91 Å². The fraction of sp³-hybridized carbons (Fsp3) is 0.316. The van der Waals surface area contributed by atoms with Gasteiger partial charge in [-0.2, -0.15) is 5.10 Å². The zero-order valence-electron chi connectivity index (χ0n) is 14.2. The Labute approximate surface area is 146 Å². The summed E-state index contributed by atoms with van der Waals surface area (Å²) in [6.45, 7) is 3.59. The van der Waals surface area contributed by atoms with Gasteiger partial charge in [0.25, 0.3) is 0 Å². The van der Waals surface area contributed by atoms with Crippen LogP contribution in [0, 0.1) is 0 Å². The van der Waals surface area contributed by atoms with Gasteiger partial charge in [0.1, 0.15) is 5.82 Å². The van der Waals surface area contributed by atoms with Gasteiger partial charge in [0.15, 0.2) is 0 Å². The summed E-state index contributed by atoms with van der Waals surface area (Å²) in [5.41, 5.74) is 2.11. The van der Waals surface area contributed by atoms with Crippen molar-refractivity contribution in [3.05, 3.63) is 42.9 Å². The van der Waals surface area contributed by atoms with Crippen LogP contribution in [0.2, 0.25) is 0 Å². The van der Waals surface area contributed by atoms with Crippen LogP contribution in [0.4, 0.5) is 5.82 Å². The van der Waals surface area contributed by atoms with E-state index in [1.165, 1.54) is 6.42 Å². The van der Waals surface area contributed by atoms with Crippen molar-refractivity contribution in [2.45, 2.75) is 25.8 Å². The number of H-pyrrole nitrogens is 1. The molecule has 0 spiro atoms. The number of benzene rings is 1. The lowest BCUT2D eigenvalue weighted by Crippen LogP contribution is -2.35. The summed E-state index contributed by atoms with van der Waals surface area (Å²) >= 11 is 0. The van der Waals surface area contributed by atoms with E-state index in [4.69, 9.17) is 0 Å². The van der Waals surface area contributed by atoms with Crippen LogP contribution in [0.3, 0.4) is 0 Å². The number of fused-ring (bicyclic) bond motifs is 1. The molecular weight excluding hydrogens is 314 g/mol. The Morgan fingerprint density at radius 1 is 1.28 bits per heavy atom. The number of aromatic amines is 1. The monoisotopic (exact) mass is 335 g/mol. The Kier molecular flexibility index (Phi) is 4.19. The van der Waals surface area contributed by atoms with Gasteiger partial charge in [0.05, 0.1) is 12.7 Å². The van der Waals surface area contributed by atoms with E-state index in [0.29, 0.717) is 18.4 Å². The standard InChI is InChI=1S/C19H21N5O/c1-13-3-2-6-24(13)12-19(25)23-18-8-16-7-14(17-10-21-22-11-17)4-5-15(16)9-20-18/h4-5,7-11,13H,2-3,6,12H2,1H3,(H,21,22)(H,20,23,25). The summed E-state index contributed by atoms with van der Waals surface area (Å²) in [5, 5.41) is 11.8. The van der Waals surface area contributed by atoms with Gasteiger partial charge in [-0.25, -0.2) is 4.98 Å². The molecule has 1 saturated heterocycles. The molecule has 1 amide bonds. The topological polar surface area (TPSA) is 73.9 Å². The minimum absolute atomic E-state index is 0.00779. The highest BCUT2D eigenvalue weighted by Crippen LogP contribution is 2.25. The lowest BCUT2D eigenvalue weighted by atomic mass is 10.1. The molecule has 1 aliphatic heterocycles. The van der Waals surface area contributed by atoms with Gasteiger partial charge in [0, 0.05) is 29.4 Å². The molecule has 0 radical (unpaired) electrons. The van der Waals surface area contributed by atoms with E-state index >= 15 is 0 Å². The number of pyridine rings is 1. The molecule has 1 atom stereocenters. The summed E-state index contributed by atoms with van der Waals surface area (Å²) in [4.78, 5) is 18.9. The molecule has 1 fully saturated rings. The lowest BCUT2D eigenvalue weighted by molar-refractivity contribution is -0.117. The van der Waals surface area contributed by atoms with Gasteiger partial charge in [-0.15, -0.1) is 0 Å². The first-order valence-corrected chi connectivity index (χ1v) is 8.62. The quantitative estimate of drug-likeness (QED) is 0.768. The second kappa shape index (κ2) is 6.64. The van der Waals surface area contributed by atoms with Crippen molar-refractivity contribution in [1.82, 2.24) is 20.1 Å². The molecule has 25 heavy (non-hydrogen) atoms. The number of nitrogens with zero attached hydrogens (tertiary/aromatic N) is 3. The minimum atomic E-state index is -0.00779. The Bertz CT molecular complexity index is 890. The fourth-order valence-electron chi connectivity index (χ4n) is 3.39. The van der Waals surface area contributed by atoms with Crippen molar-refractivity contribution >= 4 is 22.5 Å². The summed E-state index contributed by atoms with van der Waals surface area (Å²) in [7, 11) is 0. The van der Waals surface area contributed by atoms with E-state index in [-0.39, 0.29) is 5.91 Å². The molecule has 128 valence electrons. The molecule has 6 nitrogen and oxygen atoms in total. The van der Waals surface area contributed by atoms with Crippen molar-refractivity contribution in [3.8, 4) is 11.1 Å². The number of aromatic nitrogens is 3. The maximum Gasteiger partial charge on any atom is 0.239 e. The highest BCUT2D eigenvalue weighted by molar-refractivity contribution is 5.94. The average Bonchev–Trinajstić information content (AvgIpc) is 3.27. The zero-order chi connectivity index (χ0) is 17.2. The number of rotatable bonds is 4. The van der Waals surface area contributed by atoms with Gasteiger partial charge >= 0.3 is 0 Å². The third-order valence-electron chi connectivity index (χ3n) is 4.86. The molecule has 4 rings (SSSR count). The van der Waals surface area contributed by atoms with Crippen LogP contribution in [-0.4, -0.2) is 45.1 Å². The molecule has 3 heterocycles. The van der Waals surface area contributed by atoms with E-state index in [0.717, 1.165) is 34.9 Å². The van der Waals surface area contributed by atoms with E-state index in [1.807, 2.05) is 24.4 Å². The van der Waals surface area contributed by atoms with Gasteiger partial charge in [-0.3, -0.25) is 14.8 Å². The third-order valence-corrected chi connectivity index (χ3v) is 4.86. The number of likely N-dealkylation sites (tertiary alicyclic amines) is 1. The predicted octanol–water partition coefficient (Wildman–Crippen LogP) is 3.05. The fourth-order valence-corrected chi connectivity index (χ4v) is 3.39. The van der Waals surface area contributed by atoms with Crippen molar-refractivity contribution in [2.24, 2.45) is 0 Å². The second-order valence-electron chi connectivity index (χ2n) is 6.63. The summed E-state index contributed by atoms with van der Waals surface area (Å²) in [5.74, 6) is 0.584. The Balaban J connectivity index is 1.52. The van der Waals surface area contributed by atoms with E-state index in [2.05, 4.69) is 38.4 Å². The summed E-state index contributed by atoms with van der Waals surface area (Å²) in [6, 6.07) is 8.56. The maximum absolute atomic E-state index is 12.3. The number of nitrogens with one attached hydrogen (secondary N) is 2. The van der Waals surface area contributed by atoms with Crippen LogP contribution in [0.1, 0.15) is 19.8 Å². The van der Waals surface area contributed by atoms with Gasteiger partial charge in [-0.05, 0) is 49.4 Å². The van der Waals surface area contributed by atoms with Crippen LogP contribution < -0.4 is 5.32 Å². The number of hydrogen-bond acceptors (Lipinski definition) is 4. The first-order valence-electron chi connectivity index (χ1n) is 8.62. The van der Waals surface area contributed by atoms with Crippen molar-refractivity contribution in [2.75, 3.05) is 18.4 Å². The molecule has 1 unspecified atom stereocenters. The normalized spacial score (nSPS) is 17.9. The smallest absolute Gasteiger partial charge is 0.239 e. The number of anilines is 1. The predicted molar refractivity (Wildman–Crippen MR) is 98.2 cm³/mol. The zero-order valence-corrected chi connectivity index (χ0v) is 14.2. The minimum Gasteiger partial charge on any atom is -0.310 e. The number of carbonyl (C=O) groups excluding carboxylic acids is 1. The van der Waals surface area contributed by atoms with Crippen LogP contribution in [0.5, 0.6) is 0 Å². The molecule has 2 N–H and O–H groups in total. The number of hydrogen-bond donors (Lipinski definition) is 2. The van der Waals surface area contributed by atoms with Crippen molar-refractivity contribution in [3.63, 3.8) is 0 Å².